The monoisotopic (exact) mass is 488 g/mol. The molecule has 8 heteroatoms. The van der Waals surface area contributed by atoms with Crippen LogP contribution in [0.15, 0.2) is 60.7 Å². The highest BCUT2D eigenvalue weighted by Crippen LogP contribution is 2.50. The third-order valence-electron chi connectivity index (χ3n) is 7.01. The summed E-state index contributed by atoms with van der Waals surface area (Å²) in [4.78, 5) is 49.0. The highest BCUT2D eigenvalue weighted by molar-refractivity contribution is 7.17. The molecule has 2 amide bonds. The number of fused-ring (bicyclic) bond motifs is 2. The van der Waals surface area contributed by atoms with E-state index >= 15 is 0 Å². The Hall–Kier alpha value is -3.49. The molecule has 0 spiro atoms. The number of para-hydroxylation sites is 1. The molecule has 0 radical (unpaired) electrons. The molecule has 3 atom stereocenters. The first-order chi connectivity index (χ1) is 17.1. The van der Waals surface area contributed by atoms with Crippen molar-refractivity contribution in [2.45, 2.75) is 37.8 Å². The minimum absolute atomic E-state index is 0.351. The fraction of sp³-hybridized carbons (Fsp3) is 0.296. The van der Waals surface area contributed by atoms with Crippen LogP contribution in [0.2, 0.25) is 0 Å². The number of aryl methyl sites for hydroxylation is 1. The number of hydrogen-bond acceptors (Lipinski definition) is 7. The van der Waals surface area contributed by atoms with Gasteiger partial charge in [0.1, 0.15) is 10.9 Å². The summed E-state index contributed by atoms with van der Waals surface area (Å²) in [7, 11) is 1.33. The van der Waals surface area contributed by atoms with Crippen molar-refractivity contribution in [3.05, 3.63) is 82.2 Å². The summed E-state index contributed by atoms with van der Waals surface area (Å²) in [5.74, 6) is -2.04. The molecule has 35 heavy (non-hydrogen) atoms. The van der Waals surface area contributed by atoms with Gasteiger partial charge in [0.25, 0.3) is 5.91 Å². The van der Waals surface area contributed by atoms with Gasteiger partial charge in [0.05, 0.1) is 24.4 Å². The molecule has 0 unspecified atom stereocenters. The van der Waals surface area contributed by atoms with Gasteiger partial charge < -0.3 is 4.74 Å². The summed E-state index contributed by atoms with van der Waals surface area (Å²) >= 11 is 1.36. The van der Waals surface area contributed by atoms with Crippen LogP contribution in [-0.2, 0) is 32.0 Å². The van der Waals surface area contributed by atoms with E-state index in [4.69, 9.17) is 9.57 Å². The summed E-state index contributed by atoms with van der Waals surface area (Å²) in [6, 6.07) is 18.6. The number of hydrogen-bond donors (Lipinski definition) is 0. The minimum atomic E-state index is -0.975. The third kappa shape index (κ3) is 3.39. The first-order valence-electron chi connectivity index (χ1n) is 11.8. The van der Waals surface area contributed by atoms with E-state index in [2.05, 4.69) is 0 Å². The standard InChI is InChI=1S/C27H24N2O5S/c1-33-27(32)20-18-14-8-9-15-19(18)35-26(20)28-24(30)21-22(16-10-4-2-5-11-16)29(34-23(21)25(28)31)17-12-6-3-7-13-17/h2-7,10-13,21-23H,8-9,14-15H2,1H3/t21-,22+,23-/m0/s1. The minimum Gasteiger partial charge on any atom is -0.465 e. The number of anilines is 2. The van der Waals surface area contributed by atoms with E-state index in [0.29, 0.717) is 10.6 Å². The zero-order valence-electron chi connectivity index (χ0n) is 19.2. The van der Waals surface area contributed by atoms with Gasteiger partial charge in [0, 0.05) is 4.88 Å². The molecule has 1 aromatic heterocycles. The molecule has 6 rings (SSSR count). The van der Waals surface area contributed by atoms with Gasteiger partial charge in [0.2, 0.25) is 5.91 Å². The molecule has 2 saturated heterocycles. The Morgan fingerprint density at radius 3 is 2.37 bits per heavy atom. The lowest BCUT2D eigenvalue weighted by molar-refractivity contribution is -0.126. The predicted octanol–water partition coefficient (Wildman–Crippen LogP) is 4.46. The number of rotatable bonds is 4. The van der Waals surface area contributed by atoms with Crippen molar-refractivity contribution in [1.82, 2.24) is 0 Å². The zero-order valence-corrected chi connectivity index (χ0v) is 20.0. The van der Waals surface area contributed by atoms with Crippen LogP contribution in [0.1, 0.15) is 45.2 Å². The van der Waals surface area contributed by atoms with Gasteiger partial charge in [-0.05, 0) is 48.9 Å². The second-order valence-electron chi connectivity index (χ2n) is 8.96. The molecule has 3 aromatic rings. The van der Waals surface area contributed by atoms with E-state index in [-0.39, 0.29) is 5.91 Å². The highest BCUT2D eigenvalue weighted by Gasteiger charge is 2.61. The first-order valence-corrected chi connectivity index (χ1v) is 12.6. The number of imide groups is 1. The topological polar surface area (TPSA) is 76.2 Å². The number of carbonyl (C=O) groups excluding carboxylic acids is 3. The number of methoxy groups -OCH3 is 1. The van der Waals surface area contributed by atoms with Crippen molar-refractivity contribution in [1.29, 1.82) is 0 Å². The van der Waals surface area contributed by atoms with Crippen LogP contribution in [0.5, 0.6) is 0 Å². The molecule has 2 fully saturated rings. The second-order valence-corrected chi connectivity index (χ2v) is 10.0. The van der Waals surface area contributed by atoms with Crippen molar-refractivity contribution in [3.63, 3.8) is 0 Å². The van der Waals surface area contributed by atoms with Gasteiger partial charge in [-0.15, -0.1) is 11.3 Å². The Bertz CT molecular complexity index is 1310. The maximum absolute atomic E-state index is 14.0. The van der Waals surface area contributed by atoms with Gasteiger partial charge in [-0.2, -0.15) is 0 Å². The van der Waals surface area contributed by atoms with E-state index < -0.39 is 29.9 Å². The number of carbonyl (C=O) groups is 3. The quantitative estimate of drug-likeness (QED) is 0.399. The molecule has 0 bridgehead atoms. The van der Waals surface area contributed by atoms with Crippen molar-refractivity contribution >= 4 is 39.8 Å². The van der Waals surface area contributed by atoms with Crippen LogP contribution in [0.4, 0.5) is 10.7 Å². The maximum atomic E-state index is 14.0. The lowest BCUT2D eigenvalue weighted by Crippen LogP contribution is -2.37. The Morgan fingerprint density at radius 2 is 1.66 bits per heavy atom. The van der Waals surface area contributed by atoms with E-state index in [1.165, 1.54) is 23.3 Å². The number of hydroxylamine groups is 1. The number of nitrogens with zero attached hydrogens (tertiary/aromatic N) is 2. The van der Waals surface area contributed by atoms with Gasteiger partial charge in [0.15, 0.2) is 6.10 Å². The second kappa shape index (κ2) is 8.62. The first kappa shape index (κ1) is 22.0. The van der Waals surface area contributed by atoms with Gasteiger partial charge in [-0.3, -0.25) is 14.4 Å². The van der Waals surface area contributed by atoms with Crippen LogP contribution in [-0.4, -0.2) is 31.0 Å². The average molecular weight is 489 g/mol. The molecule has 2 aliphatic heterocycles. The number of ether oxygens (including phenoxy) is 1. The fourth-order valence-electron chi connectivity index (χ4n) is 5.42. The molecule has 0 N–H and O–H groups in total. The molecular weight excluding hydrogens is 464 g/mol. The third-order valence-corrected chi connectivity index (χ3v) is 8.29. The molecular formula is C27H24N2O5S. The zero-order chi connectivity index (χ0) is 24.1. The molecule has 3 aliphatic rings. The van der Waals surface area contributed by atoms with Crippen molar-refractivity contribution in [3.8, 4) is 0 Å². The van der Waals surface area contributed by atoms with E-state index in [0.717, 1.165) is 47.4 Å². The van der Waals surface area contributed by atoms with Crippen LogP contribution < -0.4 is 9.96 Å². The highest BCUT2D eigenvalue weighted by atomic mass is 32.1. The number of amides is 2. The number of thiophene rings is 1. The normalized spacial score (nSPS) is 23.4. The SMILES string of the molecule is COC(=O)c1c(N2C(=O)[C@@H]3[C@H](ON(c4ccccc4)[C@@H]3c3ccccc3)C2=O)sc2c1CCCC2. The Labute approximate surface area is 206 Å². The average Bonchev–Trinajstić information content (AvgIpc) is 3.55. The lowest BCUT2D eigenvalue weighted by Gasteiger charge is -2.28. The molecule has 3 heterocycles. The maximum Gasteiger partial charge on any atom is 0.341 e. The molecule has 0 saturated carbocycles. The predicted molar refractivity (Wildman–Crippen MR) is 131 cm³/mol. The van der Waals surface area contributed by atoms with E-state index in [9.17, 15) is 14.4 Å². The number of benzene rings is 2. The van der Waals surface area contributed by atoms with Crippen LogP contribution in [0.3, 0.4) is 0 Å². The lowest BCUT2D eigenvalue weighted by atomic mass is 9.90. The smallest absolute Gasteiger partial charge is 0.341 e. The molecule has 178 valence electrons. The van der Waals surface area contributed by atoms with E-state index in [1.807, 2.05) is 60.7 Å². The Kier molecular flexibility index (Phi) is 5.42. The summed E-state index contributed by atoms with van der Waals surface area (Å²) in [5, 5.41) is 2.05. The van der Waals surface area contributed by atoms with Gasteiger partial charge in [-0.25, -0.2) is 14.8 Å². The van der Waals surface area contributed by atoms with Crippen molar-refractivity contribution < 1.29 is 24.0 Å². The largest absolute Gasteiger partial charge is 0.465 e. The molecule has 7 nitrogen and oxygen atoms in total. The van der Waals surface area contributed by atoms with Crippen molar-refractivity contribution in [2.75, 3.05) is 17.1 Å². The van der Waals surface area contributed by atoms with Crippen LogP contribution >= 0.6 is 11.3 Å². The summed E-state index contributed by atoms with van der Waals surface area (Å²) < 4.78 is 5.07. The summed E-state index contributed by atoms with van der Waals surface area (Å²) in [6.45, 7) is 0. The summed E-state index contributed by atoms with van der Waals surface area (Å²) in [5.41, 5.74) is 2.91. The van der Waals surface area contributed by atoms with Crippen LogP contribution in [0.25, 0.3) is 0 Å². The fourth-order valence-corrected chi connectivity index (χ4v) is 6.81. The van der Waals surface area contributed by atoms with Gasteiger partial charge in [-0.1, -0.05) is 48.5 Å². The molecule has 2 aromatic carbocycles. The van der Waals surface area contributed by atoms with E-state index in [1.54, 1.807) is 5.06 Å². The van der Waals surface area contributed by atoms with Crippen molar-refractivity contribution in [2.24, 2.45) is 5.92 Å². The number of esters is 1. The summed E-state index contributed by atoms with van der Waals surface area (Å²) in [6.07, 6.45) is 2.58. The van der Waals surface area contributed by atoms with Crippen LogP contribution in [0, 0.1) is 5.92 Å². The Morgan fingerprint density at radius 1 is 0.971 bits per heavy atom. The van der Waals surface area contributed by atoms with Gasteiger partial charge >= 0.3 is 5.97 Å². The Balaban J connectivity index is 1.45. The molecule has 1 aliphatic carbocycles.